The number of ether oxygens (including phenoxy) is 2. The van der Waals surface area contributed by atoms with Gasteiger partial charge >= 0.3 is 5.97 Å². The van der Waals surface area contributed by atoms with Crippen molar-refractivity contribution in [3.63, 3.8) is 0 Å². The average Bonchev–Trinajstić information content (AvgIpc) is 2.27. The molecule has 14 heavy (non-hydrogen) atoms. The Morgan fingerprint density at radius 3 is 2.64 bits per heavy atom. The summed E-state index contributed by atoms with van der Waals surface area (Å²) in [5.41, 5.74) is 0. The number of nitrogens with one attached hydrogen (secondary N) is 1. The number of aliphatic hydroxyl groups is 1. The monoisotopic (exact) mass is 203 g/mol. The minimum Gasteiger partial charge on any atom is -0.469 e. The van der Waals surface area contributed by atoms with Crippen LogP contribution in [-0.4, -0.2) is 44.2 Å². The van der Waals surface area contributed by atoms with Crippen molar-refractivity contribution >= 4 is 5.97 Å². The maximum absolute atomic E-state index is 11.2. The summed E-state index contributed by atoms with van der Waals surface area (Å²) < 4.78 is 9.43. The molecular weight excluding hydrogens is 186 g/mol. The van der Waals surface area contributed by atoms with Crippen LogP contribution in [0.1, 0.15) is 12.8 Å². The van der Waals surface area contributed by atoms with Crippen molar-refractivity contribution in [1.82, 2.24) is 5.32 Å². The molecule has 0 aromatic heterocycles. The van der Waals surface area contributed by atoms with Gasteiger partial charge in [-0.2, -0.15) is 0 Å². The molecule has 5 heteroatoms. The maximum Gasteiger partial charge on any atom is 0.309 e. The Morgan fingerprint density at radius 1 is 1.50 bits per heavy atom. The largest absolute Gasteiger partial charge is 0.469 e. The minimum absolute atomic E-state index is 0.0825. The molecule has 2 N–H and O–H groups in total. The third-order valence-corrected chi connectivity index (χ3v) is 2.57. The van der Waals surface area contributed by atoms with Crippen molar-refractivity contribution < 1.29 is 19.4 Å². The molecular formula is C9H17NO4. The molecule has 0 spiro atoms. The lowest BCUT2D eigenvalue weighted by molar-refractivity contribution is -0.148. The highest BCUT2D eigenvalue weighted by molar-refractivity contribution is 5.72. The predicted molar refractivity (Wildman–Crippen MR) is 49.5 cm³/mol. The van der Waals surface area contributed by atoms with Crippen LogP contribution < -0.4 is 5.32 Å². The fraction of sp³-hybridized carbons (Fsp3) is 0.889. The molecule has 1 saturated heterocycles. The van der Waals surface area contributed by atoms with Crippen molar-refractivity contribution in [2.24, 2.45) is 5.92 Å². The van der Waals surface area contributed by atoms with E-state index >= 15 is 0 Å². The molecule has 0 bridgehead atoms. The van der Waals surface area contributed by atoms with Crippen molar-refractivity contribution in [3.05, 3.63) is 0 Å². The zero-order valence-corrected chi connectivity index (χ0v) is 8.53. The van der Waals surface area contributed by atoms with Gasteiger partial charge in [0.2, 0.25) is 0 Å². The van der Waals surface area contributed by atoms with Crippen LogP contribution in [-0.2, 0) is 14.3 Å². The number of carbonyl (C=O) groups excluding carboxylic acids is 1. The van der Waals surface area contributed by atoms with E-state index in [1.807, 2.05) is 0 Å². The first-order chi connectivity index (χ1) is 6.69. The van der Waals surface area contributed by atoms with E-state index in [0.29, 0.717) is 6.54 Å². The number of aliphatic hydroxyl groups excluding tert-OH is 1. The highest BCUT2D eigenvalue weighted by atomic mass is 16.6. The van der Waals surface area contributed by atoms with E-state index in [0.717, 1.165) is 12.8 Å². The second-order valence-corrected chi connectivity index (χ2v) is 3.44. The van der Waals surface area contributed by atoms with Gasteiger partial charge < -0.3 is 19.9 Å². The van der Waals surface area contributed by atoms with Crippen LogP contribution in [0, 0.1) is 5.92 Å². The SMILES string of the molecule is COC(=O)C1CCC(C(O)OC)NC1. The third kappa shape index (κ3) is 2.67. The summed E-state index contributed by atoms with van der Waals surface area (Å²) in [6.07, 6.45) is 0.646. The fourth-order valence-electron chi connectivity index (χ4n) is 1.65. The summed E-state index contributed by atoms with van der Waals surface area (Å²) in [6.45, 7) is 0.539. The second kappa shape index (κ2) is 5.29. The van der Waals surface area contributed by atoms with Gasteiger partial charge in [-0.25, -0.2) is 0 Å². The van der Waals surface area contributed by atoms with E-state index in [9.17, 15) is 9.90 Å². The molecule has 0 aromatic carbocycles. The number of rotatable bonds is 3. The number of methoxy groups -OCH3 is 2. The van der Waals surface area contributed by atoms with E-state index in [-0.39, 0.29) is 17.9 Å². The Balaban J connectivity index is 2.34. The predicted octanol–water partition coefficient (Wildman–Crippen LogP) is -0.508. The normalized spacial score (nSPS) is 29.6. The lowest BCUT2D eigenvalue weighted by Crippen LogP contribution is -2.48. The molecule has 0 radical (unpaired) electrons. The first kappa shape index (κ1) is 11.4. The van der Waals surface area contributed by atoms with Gasteiger partial charge in [0.05, 0.1) is 19.1 Å². The lowest BCUT2D eigenvalue weighted by atomic mass is 9.94. The maximum atomic E-state index is 11.2. The summed E-state index contributed by atoms with van der Waals surface area (Å²) in [6, 6.07) is -0.0825. The first-order valence-electron chi connectivity index (χ1n) is 4.71. The van der Waals surface area contributed by atoms with Crippen molar-refractivity contribution in [1.29, 1.82) is 0 Å². The van der Waals surface area contributed by atoms with Gasteiger partial charge in [0, 0.05) is 13.7 Å². The molecule has 82 valence electrons. The number of piperidine rings is 1. The number of esters is 1. The molecule has 3 atom stereocenters. The molecule has 3 unspecified atom stereocenters. The van der Waals surface area contributed by atoms with E-state index in [4.69, 9.17) is 4.74 Å². The molecule has 1 rings (SSSR count). The Bertz CT molecular complexity index is 189. The van der Waals surface area contributed by atoms with Crippen LogP contribution in [0.2, 0.25) is 0 Å². The van der Waals surface area contributed by atoms with Gasteiger partial charge in [0.15, 0.2) is 6.29 Å². The Labute approximate surface area is 83.4 Å². The van der Waals surface area contributed by atoms with Crippen LogP contribution >= 0.6 is 0 Å². The summed E-state index contributed by atoms with van der Waals surface area (Å²) in [7, 11) is 2.84. The summed E-state index contributed by atoms with van der Waals surface area (Å²) >= 11 is 0. The molecule has 1 heterocycles. The van der Waals surface area contributed by atoms with Gasteiger partial charge in [-0.15, -0.1) is 0 Å². The molecule has 5 nitrogen and oxygen atoms in total. The summed E-state index contributed by atoms with van der Waals surface area (Å²) in [5.74, 6) is -0.289. The highest BCUT2D eigenvalue weighted by Gasteiger charge is 2.29. The van der Waals surface area contributed by atoms with Crippen LogP contribution in [0.15, 0.2) is 0 Å². The Kier molecular flexibility index (Phi) is 4.31. The smallest absolute Gasteiger partial charge is 0.309 e. The molecule has 0 aromatic rings. The van der Waals surface area contributed by atoms with Gasteiger partial charge in [-0.3, -0.25) is 4.79 Å². The molecule has 0 saturated carbocycles. The van der Waals surface area contributed by atoms with Crippen molar-refractivity contribution in [2.45, 2.75) is 25.2 Å². The fourth-order valence-corrected chi connectivity index (χ4v) is 1.65. The van der Waals surface area contributed by atoms with Gasteiger partial charge in [0.1, 0.15) is 0 Å². The summed E-state index contributed by atoms with van der Waals surface area (Å²) in [5, 5.41) is 12.4. The van der Waals surface area contributed by atoms with Crippen molar-refractivity contribution in [2.75, 3.05) is 20.8 Å². The second-order valence-electron chi connectivity index (χ2n) is 3.44. The standard InChI is InChI=1S/C9H17NO4/c1-13-8(11)6-3-4-7(10-5-6)9(12)14-2/h6-7,9-10,12H,3-5H2,1-2H3. The van der Waals surface area contributed by atoms with Crippen LogP contribution in [0.3, 0.4) is 0 Å². The molecule has 1 fully saturated rings. The summed E-state index contributed by atoms with van der Waals surface area (Å²) in [4.78, 5) is 11.2. The van der Waals surface area contributed by atoms with Crippen LogP contribution in [0.4, 0.5) is 0 Å². The minimum atomic E-state index is -0.798. The molecule has 0 amide bonds. The van der Waals surface area contributed by atoms with Gasteiger partial charge in [0.25, 0.3) is 0 Å². The Morgan fingerprint density at radius 2 is 2.21 bits per heavy atom. The van der Waals surface area contributed by atoms with Crippen LogP contribution in [0.25, 0.3) is 0 Å². The highest BCUT2D eigenvalue weighted by Crippen LogP contribution is 2.17. The average molecular weight is 203 g/mol. The number of hydrogen-bond donors (Lipinski definition) is 2. The third-order valence-electron chi connectivity index (χ3n) is 2.57. The van der Waals surface area contributed by atoms with Crippen molar-refractivity contribution in [3.8, 4) is 0 Å². The molecule has 0 aliphatic carbocycles. The quantitative estimate of drug-likeness (QED) is 0.478. The van der Waals surface area contributed by atoms with Gasteiger partial charge in [-0.05, 0) is 12.8 Å². The zero-order chi connectivity index (χ0) is 10.6. The lowest BCUT2D eigenvalue weighted by Gasteiger charge is -2.30. The van der Waals surface area contributed by atoms with E-state index < -0.39 is 6.29 Å². The van der Waals surface area contributed by atoms with E-state index in [1.165, 1.54) is 14.2 Å². The van der Waals surface area contributed by atoms with E-state index in [1.54, 1.807) is 0 Å². The topological polar surface area (TPSA) is 67.8 Å². The zero-order valence-electron chi connectivity index (χ0n) is 8.53. The van der Waals surface area contributed by atoms with E-state index in [2.05, 4.69) is 10.1 Å². The van der Waals surface area contributed by atoms with Crippen LogP contribution in [0.5, 0.6) is 0 Å². The Hall–Kier alpha value is -0.650. The number of carbonyl (C=O) groups is 1. The molecule has 1 aliphatic rings. The van der Waals surface area contributed by atoms with Gasteiger partial charge in [-0.1, -0.05) is 0 Å². The first-order valence-corrected chi connectivity index (χ1v) is 4.71. The molecule has 1 aliphatic heterocycles. The number of hydrogen-bond acceptors (Lipinski definition) is 5.